The Morgan fingerprint density at radius 2 is 2.12 bits per heavy atom. The maximum absolute atomic E-state index is 11.6. The number of aromatic nitrogens is 3. The molecule has 2 aromatic rings. The van der Waals surface area contributed by atoms with Gasteiger partial charge in [-0.2, -0.15) is 5.10 Å². The van der Waals surface area contributed by atoms with Gasteiger partial charge in [0.05, 0.1) is 17.4 Å². The van der Waals surface area contributed by atoms with E-state index in [0.29, 0.717) is 5.56 Å². The van der Waals surface area contributed by atoms with Crippen LogP contribution in [0.15, 0.2) is 30.9 Å². The van der Waals surface area contributed by atoms with E-state index in [9.17, 15) is 4.79 Å². The highest BCUT2D eigenvalue weighted by molar-refractivity contribution is 5.98. The predicted octanol–water partition coefficient (Wildman–Crippen LogP) is 1.11. The highest BCUT2D eigenvalue weighted by Crippen LogP contribution is 2.21. The van der Waals surface area contributed by atoms with Crippen molar-refractivity contribution >= 4 is 11.6 Å². The van der Waals surface area contributed by atoms with Crippen LogP contribution < -0.4 is 10.6 Å². The van der Waals surface area contributed by atoms with E-state index in [1.165, 1.54) is 5.56 Å². The quantitative estimate of drug-likeness (QED) is 0.889. The van der Waals surface area contributed by atoms with E-state index in [4.69, 9.17) is 5.73 Å². The van der Waals surface area contributed by atoms with Crippen molar-refractivity contribution in [3.63, 3.8) is 0 Å². The SMILES string of the molecule is CCn1cc(CN2CCCN(c3ccncc3C(N)=O)CC2)cn1. The van der Waals surface area contributed by atoms with Crippen molar-refractivity contribution in [2.24, 2.45) is 5.73 Å². The second-order valence-electron chi connectivity index (χ2n) is 6.08. The molecule has 1 fully saturated rings. The fourth-order valence-corrected chi connectivity index (χ4v) is 3.14. The summed E-state index contributed by atoms with van der Waals surface area (Å²) in [6.07, 6.45) is 8.36. The molecule has 0 saturated carbocycles. The second-order valence-corrected chi connectivity index (χ2v) is 6.08. The van der Waals surface area contributed by atoms with Gasteiger partial charge in [-0.25, -0.2) is 0 Å². The van der Waals surface area contributed by atoms with Crippen molar-refractivity contribution in [2.45, 2.75) is 26.4 Å². The van der Waals surface area contributed by atoms with Gasteiger partial charge in [0, 0.05) is 63.4 Å². The summed E-state index contributed by atoms with van der Waals surface area (Å²) in [6.45, 7) is 7.65. The number of amides is 1. The average Bonchev–Trinajstić information content (AvgIpc) is 2.92. The molecular formula is C17H24N6O. The van der Waals surface area contributed by atoms with Crippen LogP contribution in [0, 0.1) is 0 Å². The van der Waals surface area contributed by atoms with Gasteiger partial charge in [0.2, 0.25) is 0 Å². The molecule has 0 spiro atoms. The van der Waals surface area contributed by atoms with Gasteiger partial charge in [-0.1, -0.05) is 0 Å². The summed E-state index contributed by atoms with van der Waals surface area (Å²) in [5.41, 5.74) is 8.11. The lowest BCUT2D eigenvalue weighted by Gasteiger charge is -2.24. The number of rotatable bonds is 5. The van der Waals surface area contributed by atoms with Crippen LogP contribution in [0.5, 0.6) is 0 Å². The number of aryl methyl sites for hydroxylation is 1. The molecule has 2 N–H and O–H groups in total. The highest BCUT2D eigenvalue weighted by atomic mass is 16.1. The van der Waals surface area contributed by atoms with Gasteiger partial charge in [0.15, 0.2) is 0 Å². The molecule has 0 radical (unpaired) electrons. The Balaban J connectivity index is 1.66. The summed E-state index contributed by atoms with van der Waals surface area (Å²) in [5.74, 6) is -0.425. The van der Waals surface area contributed by atoms with Crippen LogP contribution in [0.3, 0.4) is 0 Å². The normalized spacial score (nSPS) is 16.1. The summed E-state index contributed by atoms with van der Waals surface area (Å²) < 4.78 is 1.95. The highest BCUT2D eigenvalue weighted by Gasteiger charge is 2.19. The molecule has 3 rings (SSSR count). The Morgan fingerprint density at radius 1 is 1.25 bits per heavy atom. The summed E-state index contributed by atoms with van der Waals surface area (Å²) >= 11 is 0. The zero-order chi connectivity index (χ0) is 16.9. The van der Waals surface area contributed by atoms with Crippen molar-refractivity contribution in [1.29, 1.82) is 0 Å². The van der Waals surface area contributed by atoms with Crippen molar-refractivity contribution in [1.82, 2.24) is 19.7 Å². The van der Waals surface area contributed by atoms with E-state index in [0.717, 1.165) is 51.4 Å². The van der Waals surface area contributed by atoms with E-state index in [1.54, 1.807) is 12.4 Å². The Kier molecular flexibility index (Phi) is 5.10. The van der Waals surface area contributed by atoms with Crippen LogP contribution >= 0.6 is 0 Å². The summed E-state index contributed by atoms with van der Waals surface area (Å²) in [6, 6.07) is 1.88. The van der Waals surface area contributed by atoms with Gasteiger partial charge in [0.25, 0.3) is 5.91 Å². The minimum Gasteiger partial charge on any atom is -0.369 e. The maximum Gasteiger partial charge on any atom is 0.252 e. The standard InChI is InChI=1S/C17H24N6O/c1-2-23-13-14(10-20-23)12-21-6-3-7-22(9-8-21)16-4-5-19-11-15(16)17(18)24/h4-5,10-11,13H,2-3,6-9,12H2,1H3,(H2,18,24). The molecule has 1 amide bonds. The Labute approximate surface area is 142 Å². The van der Waals surface area contributed by atoms with E-state index in [1.807, 2.05) is 16.9 Å². The Morgan fingerprint density at radius 3 is 2.88 bits per heavy atom. The lowest BCUT2D eigenvalue weighted by atomic mass is 10.2. The first-order chi connectivity index (χ1) is 11.7. The number of pyridine rings is 1. The first-order valence-corrected chi connectivity index (χ1v) is 8.40. The molecule has 2 aromatic heterocycles. The number of primary amides is 1. The molecule has 128 valence electrons. The predicted molar refractivity (Wildman–Crippen MR) is 92.8 cm³/mol. The number of hydrogen-bond acceptors (Lipinski definition) is 5. The molecule has 0 aliphatic carbocycles. The topological polar surface area (TPSA) is 80.3 Å². The largest absolute Gasteiger partial charge is 0.369 e. The summed E-state index contributed by atoms with van der Waals surface area (Å²) in [4.78, 5) is 20.3. The number of nitrogens with zero attached hydrogens (tertiary/aromatic N) is 5. The third-order valence-electron chi connectivity index (χ3n) is 4.41. The van der Waals surface area contributed by atoms with Gasteiger partial charge >= 0.3 is 0 Å². The minimum atomic E-state index is -0.425. The first kappa shape index (κ1) is 16.4. The molecular weight excluding hydrogens is 304 g/mol. The molecule has 0 unspecified atom stereocenters. The number of anilines is 1. The third-order valence-corrected chi connectivity index (χ3v) is 4.41. The van der Waals surface area contributed by atoms with Crippen LogP contribution in [-0.4, -0.2) is 51.8 Å². The molecule has 1 aliphatic rings. The number of carbonyl (C=O) groups is 1. The molecule has 0 bridgehead atoms. The van der Waals surface area contributed by atoms with E-state index in [-0.39, 0.29) is 0 Å². The maximum atomic E-state index is 11.6. The minimum absolute atomic E-state index is 0.425. The fraction of sp³-hybridized carbons (Fsp3) is 0.471. The van der Waals surface area contributed by atoms with Crippen LogP contribution in [0.4, 0.5) is 5.69 Å². The second kappa shape index (κ2) is 7.44. The van der Waals surface area contributed by atoms with Gasteiger partial charge in [0.1, 0.15) is 0 Å². The molecule has 1 saturated heterocycles. The van der Waals surface area contributed by atoms with Crippen molar-refractivity contribution in [3.8, 4) is 0 Å². The van der Waals surface area contributed by atoms with Crippen LogP contribution in [0.25, 0.3) is 0 Å². The summed E-state index contributed by atoms with van der Waals surface area (Å²) in [5, 5.41) is 4.34. The Bertz CT molecular complexity index is 698. The summed E-state index contributed by atoms with van der Waals surface area (Å²) in [7, 11) is 0. The van der Waals surface area contributed by atoms with Crippen molar-refractivity contribution < 1.29 is 4.79 Å². The molecule has 0 atom stereocenters. The van der Waals surface area contributed by atoms with Gasteiger partial charge in [-0.3, -0.25) is 19.4 Å². The zero-order valence-corrected chi connectivity index (χ0v) is 14.1. The smallest absolute Gasteiger partial charge is 0.252 e. The zero-order valence-electron chi connectivity index (χ0n) is 14.1. The van der Waals surface area contributed by atoms with Gasteiger partial charge < -0.3 is 10.6 Å². The Hall–Kier alpha value is -2.41. The lowest BCUT2D eigenvalue weighted by molar-refractivity contribution is 0.100. The molecule has 1 aliphatic heterocycles. The monoisotopic (exact) mass is 328 g/mol. The molecule has 24 heavy (non-hydrogen) atoms. The average molecular weight is 328 g/mol. The van der Waals surface area contributed by atoms with E-state index >= 15 is 0 Å². The number of carbonyl (C=O) groups excluding carboxylic acids is 1. The van der Waals surface area contributed by atoms with Crippen LogP contribution in [-0.2, 0) is 13.1 Å². The lowest BCUT2D eigenvalue weighted by Crippen LogP contribution is -2.31. The van der Waals surface area contributed by atoms with E-state index < -0.39 is 5.91 Å². The van der Waals surface area contributed by atoms with Gasteiger partial charge in [-0.05, 0) is 19.4 Å². The molecule has 3 heterocycles. The van der Waals surface area contributed by atoms with Crippen LogP contribution in [0.1, 0.15) is 29.3 Å². The van der Waals surface area contributed by atoms with Crippen LogP contribution in [0.2, 0.25) is 0 Å². The van der Waals surface area contributed by atoms with E-state index in [2.05, 4.69) is 33.0 Å². The van der Waals surface area contributed by atoms with Gasteiger partial charge in [-0.15, -0.1) is 0 Å². The number of hydrogen-bond donors (Lipinski definition) is 1. The third kappa shape index (κ3) is 3.73. The number of nitrogens with two attached hydrogens (primary N) is 1. The molecule has 0 aromatic carbocycles. The molecule has 7 nitrogen and oxygen atoms in total. The first-order valence-electron chi connectivity index (χ1n) is 8.40. The van der Waals surface area contributed by atoms with Crippen molar-refractivity contribution in [2.75, 3.05) is 31.1 Å². The fourth-order valence-electron chi connectivity index (χ4n) is 3.14. The van der Waals surface area contributed by atoms with Crippen molar-refractivity contribution in [3.05, 3.63) is 42.0 Å². The molecule has 7 heteroatoms.